The van der Waals surface area contributed by atoms with Gasteiger partial charge in [-0.2, -0.15) is 0 Å². The van der Waals surface area contributed by atoms with E-state index < -0.39 is 0 Å². The second-order valence-electron chi connectivity index (χ2n) is 6.07. The Morgan fingerprint density at radius 1 is 1.11 bits per heavy atom. The van der Waals surface area contributed by atoms with Gasteiger partial charge in [-0.05, 0) is 56.2 Å². The van der Waals surface area contributed by atoms with Crippen LogP contribution in [-0.4, -0.2) is 18.6 Å². The summed E-state index contributed by atoms with van der Waals surface area (Å²) >= 11 is 0. The van der Waals surface area contributed by atoms with Gasteiger partial charge in [-0.25, -0.2) is 0 Å². The Labute approximate surface area is 117 Å². The molecule has 2 aliphatic rings. The van der Waals surface area contributed by atoms with Gasteiger partial charge in [-0.1, -0.05) is 19.1 Å². The van der Waals surface area contributed by atoms with Crippen molar-refractivity contribution >= 4 is 5.69 Å². The second kappa shape index (κ2) is 5.96. The van der Waals surface area contributed by atoms with E-state index in [1.807, 2.05) is 0 Å². The molecule has 2 fully saturated rings. The number of piperidine rings is 1. The SMILES string of the molecule is CCC1CCCCN1c1ccc(CNC2CC2)cc1. The molecule has 1 aliphatic carbocycles. The Kier molecular flexibility index (Phi) is 4.07. The number of hydrogen-bond donors (Lipinski definition) is 1. The number of rotatable bonds is 5. The Bertz CT molecular complexity index is 394. The minimum atomic E-state index is 0.754. The van der Waals surface area contributed by atoms with Crippen LogP contribution >= 0.6 is 0 Å². The van der Waals surface area contributed by atoms with Gasteiger partial charge in [0.15, 0.2) is 0 Å². The molecule has 1 atom stereocenters. The molecule has 0 bridgehead atoms. The fourth-order valence-corrected chi connectivity index (χ4v) is 3.12. The van der Waals surface area contributed by atoms with Crippen LogP contribution in [0.4, 0.5) is 5.69 Å². The monoisotopic (exact) mass is 258 g/mol. The summed E-state index contributed by atoms with van der Waals surface area (Å²) in [6, 6.07) is 10.8. The molecule has 1 saturated heterocycles. The summed E-state index contributed by atoms with van der Waals surface area (Å²) < 4.78 is 0. The molecule has 1 saturated carbocycles. The van der Waals surface area contributed by atoms with Crippen LogP contribution in [0.15, 0.2) is 24.3 Å². The topological polar surface area (TPSA) is 15.3 Å². The minimum absolute atomic E-state index is 0.754. The van der Waals surface area contributed by atoms with Crippen LogP contribution in [0.3, 0.4) is 0 Å². The van der Waals surface area contributed by atoms with E-state index in [2.05, 4.69) is 41.4 Å². The van der Waals surface area contributed by atoms with Crippen LogP contribution in [0.2, 0.25) is 0 Å². The Morgan fingerprint density at radius 3 is 2.58 bits per heavy atom. The van der Waals surface area contributed by atoms with Crippen LogP contribution in [0, 0.1) is 0 Å². The van der Waals surface area contributed by atoms with Crippen molar-refractivity contribution in [1.29, 1.82) is 0 Å². The molecule has 1 aromatic carbocycles. The average molecular weight is 258 g/mol. The van der Waals surface area contributed by atoms with Crippen molar-refractivity contribution in [3.05, 3.63) is 29.8 Å². The van der Waals surface area contributed by atoms with Gasteiger partial charge in [0.1, 0.15) is 0 Å². The van der Waals surface area contributed by atoms with Crippen molar-refractivity contribution in [2.75, 3.05) is 11.4 Å². The fourth-order valence-electron chi connectivity index (χ4n) is 3.12. The summed E-state index contributed by atoms with van der Waals surface area (Å²) in [5.41, 5.74) is 2.84. The Morgan fingerprint density at radius 2 is 1.89 bits per heavy atom. The van der Waals surface area contributed by atoms with E-state index in [0.29, 0.717) is 0 Å². The van der Waals surface area contributed by atoms with Crippen molar-refractivity contribution in [3.63, 3.8) is 0 Å². The maximum atomic E-state index is 3.58. The third-order valence-electron chi connectivity index (χ3n) is 4.54. The summed E-state index contributed by atoms with van der Waals surface area (Å²) in [5, 5.41) is 3.58. The van der Waals surface area contributed by atoms with Gasteiger partial charge in [0.25, 0.3) is 0 Å². The summed E-state index contributed by atoms with van der Waals surface area (Å²) in [6.07, 6.45) is 8.11. The lowest BCUT2D eigenvalue weighted by Crippen LogP contribution is -2.39. The van der Waals surface area contributed by atoms with Crippen LogP contribution in [0.1, 0.15) is 51.0 Å². The summed E-state index contributed by atoms with van der Waals surface area (Å²) in [4.78, 5) is 2.61. The third kappa shape index (κ3) is 3.30. The van der Waals surface area contributed by atoms with Crippen LogP contribution in [0.25, 0.3) is 0 Å². The van der Waals surface area contributed by atoms with Crippen LogP contribution in [0.5, 0.6) is 0 Å². The standard InChI is InChI=1S/C17H26N2/c1-2-16-5-3-4-12-19(16)17-10-6-14(7-11-17)13-18-15-8-9-15/h6-7,10-11,15-16,18H,2-5,8-9,12-13H2,1H3. The minimum Gasteiger partial charge on any atom is -0.369 e. The first-order valence-electron chi connectivity index (χ1n) is 7.96. The molecular weight excluding hydrogens is 232 g/mol. The maximum absolute atomic E-state index is 3.58. The molecule has 3 rings (SSSR count). The van der Waals surface area contributed by atoms with Crippen molar-refractivity contribution in [2.45, 2.75) is 64.1 Å². The molecule has 0 radical (unpaired) electrons. The largest absolute Gasteiger partial charge is 0.369 e. The summed E-state index contributed by atoms with van der Waals surface area (Å²) in [6.45, 7) is 4.58. The van der Waals surface area contributed by atoms with E-state index >= 15 is 0 Å². The van der Waals surface area contributed by atoms with Gasteiger partial charge in [-0.3, -0.25) is 0 Å². The zero-order valence-electron chi connectivity index (χ0n) is 12.1. The van der Waals surface area contributed by atoms with Crippen molar-refractivity contribution in [2.24, 2.45) is 0 Å². The summed E-state index contributed by atoms with van der Waals surface area (Å²) in [7, 11) is 0. The molecular formula is C17H26N2. The van der Waals surface area contributed by atoms with Gasteiger partial charge in [-0.15, -0.1) is 0 Å². The first-order chi connectivity index (χ1) is 9.36. The lowest BCUT2D eigenvalue weighted by atomic mass is 9.99. The van der Waals surface area contributed by atoms with Crippen LogP contribution < -0.4 is 10.2 Å². The Balaban J connectivity index is 1.62. The lowest BCUT2D eigenvalue weighted by molar-refractivity contribution is 0.450. The molecule has 1 heterocycles. The molecule has 0 amide bonds. The van der Waals surface area contributed by atoms with E-state index in [9.17, 15) is 0 Å². The van der Waals surface area contributed by atoms with E-state index in [4.69, 9.17) is 0 Å². The van der Waals surface area contributed by atoms with Crippen molar-refractivity contribution in [3.8, 4) is 0 Å². The third-order valence-corrected chi connectivity index (χ3v) is 4.54. The highest BCUT2D eigenvalue weighted by atomic mass is 15.2. The van der Waals surface area contributed by atoms with Crippen LogP contribution in [-0.2, 0) is 6.54 Å². The predicted octanol–water partition coefficient (Wildman–Crippen LogP) is 3.71. The zero-order chi connectivity index (χ0) is 13.1. The van der Waals surface area contributed by atoms with Gasteiger partial charge < -0.3 is 10.2 Å². The zero-order valence-corrected chi connectivity index (χ0v) is 12.1. The molecule has 104 valence electrons. The van der Waals surface area contributed by atoms with Crippen molar-refractivity contribution in [1.82, 2.24) is 5.32 Å². The first kappa shape index (κ1) is 13.0. The smallest absolute Gasteiger partial charge is 0.0368 e. The van der Waals surface area contributed by atoms with E-state index in [0.717, 1.165) is 18.6 Å². The van der Waals surface area contributed by atoms with Gasteiger partial charge in [0, 0.05) is 30.9 Å². The lowest BCUT2D eigenvalue weighted by Gasteiger charge is -2.37. The highest BCUT2D eigenvalue weighted by Crippen LogP contribution is 2.27. The van der Waals surface area contributed by atoms with Gasteiger partial charge >= 0.3 is 0 Å². The van der Waals surface area contributed by atoms with Gasteiger partial charge in [0.2, 0.25) is 0 Å². The predicted molar refractivity (Wildman–Crippen MR) is 81.6 cm³/mol. The molecule has 19 heavy (non-hydrogen) atoms. The molecule has 0 spiro atoms. The molecule has 2 heteroatoms. The number of hydrogen-bond acceptors (Lipinski definition) is 2. The van der Waals surface area contributed by atoms with Gasteiger partial charge in [0.05, 0.1) is 0 Å². The molecule has 2 nitrogen and oxygen atoms in total. The molecule has 0 aromatic heterocycles. The normalized spacial score (nSPS) is 23.6. The van der Waals surface area contributed by atoms with E-state index in [1.54, 1.807) is 0 Å². The van der Waals surface area contributed by atoms with Crippen molar-refractivity contribution < 1.29 is 0 Å². The summed E-state index contributed by atoms with van der Waals surface area (Å²) in [5.74, 6) is 0. The highest BCUT2D eigenvalue weighted by molar-refractivity contribution is 5.49. The average Bonchev–Trinajstić information content (AvgIpc) is 3.30. The molecule has 1 aromatic rings. The fraction of sp³-hybridized carbons (Fsp3) is 0.647. The number of anilines is 1. The number of benzene rings is 1. The number of nitrogens with one attached hydrogen (secondary N) is 1. The maximum Gasteiger partial charge on any atom is 0.0368 e. The molecule has 1 aliphatic heterocycles. The van der Waals surface area contributed by atoms with E-state index in [1.165, 1.54) is 56.3 Å². The Hall–Kier alpha value is -1.02. The number of nitrogens with zero attached hydrogens (tertiary/aromatic N) is 1. The molecule has 1 N–H and O–H groups in total. The highest BCUT2D eigenvalue weighted by Gasteiger charge is 2.21. The molecule has 1 unspecified atom stereocenters. The second-order valence-corrected chi connectivity index (χ2v) is 6.07. The first-order valence-corrected chi connectivity index (χ1v) is 7.96. The van der Waals surface area contributed by atoms with E-state index in [-0.39, 0.29) is 0 Å². The quantitative estimate of drug-likeness (QED) is 0.866.